The van der Waals surface area contributed by atoms with E-state index in [0.717, 1.165) is 0 Å². The van der Waals surface area contributed by atoms with E-state index >= 15 is 0 Å². The molecular formula is C9H11NO3S. The van der Waals surface area contributed by atoms with Gasteiger partial charge in [0, 0.05) is 10.5 Å². The fraction of sp³-hybridized carbons (Fsp3) is 0.222. The van der Waals surface area contributed by atoms with Crippen LogP contribution >= 0.6 is 11.8 Å². The second kappa shape index (κ2) is 4.34. The van der Waals surface area contributed by atoms with Crippen LogP contribution in [0.25, 0.3) is 0 Å². The number of phenols is 1. The number of hydrogen-bond acceptors (Lipinski definition) is 4. The van der Waals surface area contributed by atoms with Crippen LogP contribution in [0.5, 0.6) is 5.75 Å². The Morgan fingerprint density at radius 3 is 2.71 bits per heavy atom. The van der Waals surface area contributed by atoms with Gasteiger partial charge in [-0.1, -0.05) is 12.1 Å². The molecule has 76 valence electrons. The number of thioether (sulfide) groups is 1. The van der Waals surface area contributed by atoms with Gasteiger partial charge in [0.25, 0.3) is 0 Å². The molecule has 0 fully saturated rings. The van der Waals surface area contributed by atoms with Crippen LogP contribution in [0, 0.1) is 0 Å². The van der Waals surface area contributed by atoms with Crippen molar-refractivity contribution in [1.29, 1.82) is 0 Å². The molecule has 4 N–H and O–H groups in total. The number of carbonyl (C=O) groups is 1. The zero-order chi connectivity index (χ0) is 10.7. The van der Waals surface area contributed by atoms with Crippen LogP contribution < -0.4 is 5.73 Å². The Labute approximate surface area is 85.7 Å². The largest absolute Gasteiger partial charge is 0.506 e. The predicted octanol–water partition coefficient (Wildman–Crippen LogP) is 1.20. The van der Waals surface area contributed by atoms with E-state index in [-0.39, 0.29) is 11.3 Å². The Morgan fingerprint density at radius 1 is 1.57 bits per heavy atom. The lowest BCUT2D eigenvalue weighted by molar-refractivity contribution is -0.138. The van der Waals surface area contributed by atoms with Crippen molar-refractivity contribution < 1.29 is 15.0 Å². The van der Waals surface area contributed by atoms with E-state index in [0.29, 0.717) is 4.90 Å². The molecule has 0 saturated heterocycles. The Morgan fingerprint density at radius 2 is 2.21 bits per heavy atom. The van der Waals surface area contributed by atoms with Gasteiger partial charge in [-0.15, -0.1) is 11.8 Å². The van der Waals surface area contributed by atoms with Gasteiger partial charge in [-0.05, 0) is 12.3 Å². The molecule has 0 amide bonds. The van der Waals surface area contributed by atoms with E-state index in [2.05, 4.69) is 0 Å². The average Bonchev–Trinajstić information content (AvgIpc) is 2.17. The van der Waals surface area contributed by atoms with Gasteiger partial charge in [-0.3, -0.25) is 4.79 Å². The maximum absolute atomic E-state index is 10.6. The first-order valence-electron chi connectivity index (χ1n) is 3.92. The number of aromatic hydroxyl groups is 1. The smallest absolute Gasteiger partial charge is 0.325 e. The summed E-state index contributed by atoms with van der Waals surface area (Å²) in [5, 5.41) is 18.3. The number of carboxylic acids is 1. The number of rotatable bonds is 3. The highest BCUT2D eigenvalue weighted by Crippen LogP contribution is 2.32. The number of para-hydroxylation sites is 1. The normalized spacial score (nSPS) is 12.4. The molecule has 14 heavy (non-hydrogen) atoms. The van der Waals surface area contributed by atoms with Crippen LogP contribution in [0.15, 0.2) is 23.1 Å². The van der Waals surface area contributed by atoms with Gasteiger partial charge in [0.1, 0.15) is 11.8 Å². The summed E-state index contributed by atoms with van der Waals surface area (Å²) in [6.45, 7) is 0. The van der Waals surface area contributed by atoms with Gasteiger partial charge in [-0.2, -0.15) is 0 Å². The minimum atomic E-state index is -1.18. The highest BCUT2D eigenvalue weighted by Gasteiger charge is 2.19. The lowest BCUT2D eigenvalue weighted by atomic mass is 10.1. The molecule has 0 aliphatic heterocycles. The fourth-order valence-electron chi connectivity index (χ4n) is 1.09. The monoisotopic (exact) mass is 213 g/mol. The van der Waals surface area contributed by atoms with Crippen molar-refractivity contribution in [1.82, 2.24) is 0 Å². The van der Waals surface area contributed by atoms with Gasteiger partial charge in [0.15, 0.2) is 0 Å². The molecule has 4 nitrogen and oxygen atoms in total. The van der Waals surface area contributed by atoms with Gasteiger partial charge in [0.05, 0.1) is 0 Å². The Kier molecular flexibility index (Phi) is 3.38. The number of phenolic OH excluding ortho intramolecular Hbond substituents is 1. The summed E-state index contributed by atoms with van der Waals surface area (Å²) in [5.41, 5.74) is 5.63. The van der Waals surface area contributed by atoms with Crippen LogP contribution in [-0.2, 0) is 4.79 Å². The molecule has 0 saturated carbocycles. The molecule has 0 spiro atoms. The first kappa shape index (κ1) is 10.9. The Bertz CT molecular complexity index is 354. The highest BCUT2D eigenvalue weighted by molar-refractivity contribution is 7.98. The quantitative estimate of drug-likeness (QED) is 0.657. The van der Waals surface area contributed by atoms with E-state index in [4.69, 9.17) is 10.8 Å². The summed E-state index contributed by atoms with van der Waals surface area (Å²) in [6, 6.07) is 3.71. The third kappa shape index (κ3) is 2.00. The zero-order valence-electron chi connectivity index (χ0n) is 7.60. The SMILES string of the molecule is CSc1cccc(C(N)C(=O)O)c1O. The van der Waals surface area contributed by atoms with E-state index in [9.17, 15) is 9.90 Å². The molecule has 1 aromatic rings. The van der Waals surface area contributed by atoms with Crippen molar-refractivity contribution in [2.75, 3.05) is 6.26 Å². The second-order valence-electron chi connectivity index (χ2n) is 2.71. The third-order valence-electron chi connectivity index (χ3n) is 1.85. The van der Waals surface area contributed by atoms with Crippen molar-refractivity contribution in [3.8, 4) is 5.75 Å². The maximum atomic E-state index is 10.6. The van der Waals surface area contributed by atoms with E-state index in [1.807, 2.05) is 0 Å². The lowest BCUT2D eigenvalue weighted by Gasteiger charge is -2.11. The standard InChI is InChI=1S/C9H11NO3S/c1-14-6-4-2-3-5(8(6)11)7(10)9(12)13/h2-4,7,11H,10H2,1H3,(H,12,13). The van der Waals surface area contributed by atoms with Crippen LogP contribution in [-0.4, -0.2) is 22.4 Å². The van der Waals surface area contributed by atoms with E-state index in [1.165, 1.54) is 17.8 Å². The molecule has 1 aromatic carbocycles. The molecule has 0 aromatic heterocycles. The van der Waals surface area contributed by atoms with Crippen molar-refractivity contribution >= 4 is 17.7 Å². The van der Waals surface area contributed by atoms with Crippen LogP contribution in [0.1, 0.15) is 11.6 Å². The molecule has 0 radical (unpaired) electrons. The van der Waals surface area contributed by atoms with Crippen molar-refractivity contribution in [3.63, 3.8) is 0 Å². The molecule has 0 bridgehead atoms. The van der Waals surface area contributed by atoms with Crippen molar-refractivity contribution in [2.24, 2.45) is 5.73 Å². The van der Waals surface area contributed by atoms with Crippen molar-refractivity contribution in [2.45, 2.75) is 10.9 Å². The number of carboxylic acid groups (broad SMARTS) is 1. The lowest BCUT2D eigenvalue weighted by Crippen LogP contribution is -2.20. The molecule has 0 aliphatic rings. The topological polar surface area (TPSA) is 83.6 Å². The minimum absolute atomic E-state index is 0.0464. The number of aliphatic carboxylic acids is 1. The van der Waals surface area contributed by atoms with Gasteiger partial charge < -0.3 is 15.9 Å². The summed E-state index contributed by atoms with van der Waals surface area (Å²) in [7, 11) is 0. The fourth-order valence-corrected chi connectivity index (χ4v) is 1.61. The minimum Gasteiger partial charge on any atom is -0.506 e. The molecule has 1 unspecified atom stereocenters. The molecule has 5 heteroatoms. The average molecular weight is 213 g/mol. The third-order valence-corrected chi connectivity index (χ3v) is 2.62. The maximum Gasteiger partial charge on any atom is 0.325 e. The first-order valence-corrected chi connectivity index (χ1v) is 5.14. The molecule has 0 heterocycles. The van der Waals surface area contributed by atoms with Gasteiger partial charge >= 0.3 is 5.97 Å². The number of nitrogens with two attached hydrogens (primary N) is 1. The van der Waals surface area contributed by atoms with E-state index < -0.39 is 12.0 Å². The molecule has 1 atom stereocenters. The van der Waals surface area contributed by atoms with Crippen LogP contribution in [0.2, 0.25) is 0 Å². The molecule has 1 rings (SSSR count). The number of benzene rings is 1. The summed E-state index contributed by atoms with van der Waals surface area (Å²) in [4.78, 5) is 11.2. The van der Waals surface area contributed by atoms with E-state index in [1.54, 1.807) is 18.4 Å². The number of hydrogen-bond donors (Lipinski definition) is 3. The summed E-state index contributed by atoms with van der Waals surface area (Å²) < 4.78 is 0. The van der Waals surface area contributed by atoms with Crippen molar-refractivity contribution in [3.05, 3.63) is 23.8 Å². The summed E-state index contributed by atoms with van der Waals surface area (Å²) in [5.74, 6) is -1.20. The van der Waals surface area contributed by atoms with Crippen LogP contribution in [0.4, 0.5) is 0 Å². The first-order chi connectivity index (χ1) is 6.57. The molecule has 0 aliphatic carbocycles. The van der Waals surface area contributed by atoms with Gasteiger partial charge in [0.2, 0.25) is 0 Å². The Balaban J connectivity index is 3.15. The van der Waals surface area contributed by atoms with Gasteiger partial charge in [-0.25, -0.2) is 0 Å². The Hall–Kier alpha value is -1.20. The summed E-state index contributed by atoms with van der Waals surface area (Å²) in [6.07, 6.45) is 1.80. The summed E-state index contributed by atoms with van der Waals surface area (Å²) >= 11 is 1.34. The predicted molar refractivity (Wildman–Crippen MR) is 54.5 cm³/mol. The zero-order valence-corrected chi connectivity index (χ0v) is 8.41. The highest BCUT2D eigenvalue weighted by atomic mass is 32.2. The second-order valence-corrected chi connectivity index (χ2v) is 3.56. The van der Waals surface area contributed by atoms with Crippen LogP contribution in [0.3, 0.4) is 0 Å². The molecular weight excluding hydrogens is 202 g/mol.